The zero-order valence-electron chi connectivity index (χ0n) is 19.7. The average molecular weight is 491 g/mol. The Hall–Kier alpha value is -3.43. The van der Waals surface area contributed by atoms with Crippen molar-refractivity contribution in [1.82, 2.24) is 19.6 Å². The molecule has 0 bridgehead atoms. The zero-order valence-corrected chi connectivity index (χ0v) is 20.5. The number of imidazole rings is 1. The van der Waals surface area contributed by atoms with E-state index in [-0.39, 0.29) is 6.61 Å². The fourth-order valence-electron chi connectivity index (χ4n) is 4.73. The second-order valence-electron chi connectivity index (χ2n) is 9.02. The van der Waals surface area contributed by atoms with Crippen LogP contribution in [0.5, 0.6) is 11.5 Å². The summed E-state index contributed by atoms with van der Waals surface area (Å²) in [4.78, 5) is 10.2. The minimum Gasteiger partial charge on any atom is -0.496 e. The van der Waals surface area contributed by atoms with Crippen molar-refractivity contribution in [3.8, 4) is 23.0 Å². The standard InChI is InChI=1S/C26H26N4O4S/c1-16-29-30-14-20(28-25(30)35-16)23-13-19-21(11-18(32-2)12-22(19)34-23)33-15-17-7-6-8-24(27-17)26(31)9-4-3-5-10-26/h6-8,11-14,31H,3-5,9-10,15H2,1-2H3. The number of rotatable bonds is 6. The van der Waals surface area contributed by atoms with E-state index in [0.717, 1.165) is 58.8 Å². The van der Waals surface area contributed by atoms with Crippen molar-refractivity contribution in [3.05, 3.63) is 59.0 Å². The summed E-state index contributed by atoms with van der Waals surface area (Å²) < 4.78 is 19.6. The number of fused-ring (bicyclic) bond motifs is 2. The summed E-state index contributed by atoms with van der Waals surface area (Å²) in [5.41, 5.74) is 2.00. The first-order valence-corrected chi connectivity index (χ1v) is 12.6. The van der Waals surface area contributed by atoms with Gasteiger partial charge in [-0.25, -0.2) is 9.50 Å². The van der Waals surface area contributed by atoms with Gasteiger partial charge in [0.25, 0.3) is 0 Å². The van der Waals surface area contributed by atoms with Gasteiger partial charge in [0.05, 0.1) is 30.1 Å². The van der Waals surface area contributed by atoms with Gasteiger partial charge in [-0.2, -0.15) is 5.10 Å². The van der Waals surface area contributed by atoms with Gasteiger partial charge in [0.15, 0.2) is 5.76 Å². The maximum Gasteiger partial charge on any atom is 0.212 e. The van der Waals surface area contributed by atoms with Crippen molar-refractivity contribution in [3.63, 3.8) is 0 Å². The van der Waals surface area contributed by atoms with Gasteiger partial charge in [0.2, 0.25) is 4.96 Å². The quantitative estimate of drug-likeness (QED) is 0.329. The molecule has 0 radical (unpaired) electrons. The summed E-state index contributed by atoms with van der Waals surface area (Å²) >= 11 is 1.53. The fourth-order valence-corrected chi connectivity index (χ4v) is 5.45. The van der Waals surface area contributed by atoms with E-state index in [2.05, 4.69) is 10.1 Å². The number of methoxy groups -OCH3 is 1. The van der Waals surface area contributed by atoms with Crippen LogP contribution in [0.4, 0.5) is 0 Å². The molecule has 180 valence electrons. The number of hydrogen-bond donors (Lipinski definition) is 1. The number of benzene rings is 1. The van der Waals surface area contributed by atoms with Crippen molar-refractivity contribution in [2.45, 2.75) is 51.2 Å². The van der Waals surface area contributed by atoms with Gasteiger partial charge in [0, 0.05) is 12.1 Å². The molecule has 4 aromatic heterocycles. The lowest BCUT2D eigenvalue weighted by molar-refractivity contribution is -0.00491. The van der Waals surface area contributed by atoms with Gasteiger partial charge >= 0.3 is 0 Å². The highest BCUT2D eigenvalue weighted by Crippen LogP contribution is 2.38. The zero-order chi connectivity index (χ0) is 24.0. The first-order chi connectivity index (χ1) is 17.0. The molecule has 8 nitrogen and oxygen atoms in total. The van der Waals surface area contributed by atoms with E-state index in [9.17, 15) is 5.11 Å². The van der Waals surface area contributed by atoms with Crippen molar-refractivity contribution in [2.24, 2.45) is 0 Å². The van der Waals surface area contributed by atoms with Crippen LogP contribution in [0.2, 0.25) is 0 Å². The maximum atomic E-state index is 11.1. The van der Waals surface area contributed by atoms with Crippen molar-refractivity contribution in [2.75, 3.05) is 7.11 Å². The van der Waals surface area contributed by atoms with E-state index in [0.29, 0.717) is 28.5 Å². The molecule has 0 spiro atoms. The first-order valence-electron chi connectivity index (χ1n) is 11.8. The number of furan rings is 1. The molecule has 5 aromatic rings. The highest BCUT2D eigenvalue weighted by Gasteiger charge is 2.32. The van der Waals surface area contributed by atoms with Crippen LogP contribution in [0.25, 0.3) is 27.4 Å². The third kappa shape index (κ3) is 4.15. The van der Waals surface area contributed by atoms with E-state index >= 15 is 0 Å². The molecule has 1 N–H and O–H groups in total. The van der Waals surface area contributed by atoms with E-state index < -0.39 is 5.60 Å². The van der Waals surface area contributed by atoms with E-state index in [1.807, 2.05) is 49.5 Å². The molecule has 1 saturated carbocycles. The molecular weight excluding hydrogens is 464 g/mol. The van der Waals surface area contributed by atoms with E-state index in [4.69, 9.17) is 18.9 Å². The van der Waals surface area contributed by atoms with Gasteiger partial charge in [-0.05, 0) is 38.0 Å². The van der Waals surface area contributed by atoms with Crippen LogP contribution in [-0.4, -0.2) is 31.8 Å². The van der Waals surface area contributed by atoms with Gasteiger partial charge in [-0.15, -0.1) is 0 Å². The minimum absolute atomic E-state index is 0.260. The second-order valence-corrected chi connectivity index (χ2v) is 10.2. The number of aryl methyl sites for hydroxylation is 1. The fraction of sp³-hybridized carbons (Fsp3) is 0.346. The third-order valence-corrected chi connectivity index (χ3v) is 7.38. The molecule has 1 aromatic carbocycles. The van der Waals surface area contributed by atoms with Crippen LogP contribution in [0.3, 0.4) is 0 Å². The number of nitrogens with zero attached hydrogens (tertiary/aromatic N) is 4. The number of pyridine rings is 1. The normalized spacial score (nSPS) is 15.6. The van der Waals surface area contributed by atoms with Crippen LogP contribution in [-0.2, 0) is 12.2 Å². The van der Waals surface area contributed by atoms with Crippen LogP contribution in [0.1, 0.15) is 48.5 Å². The predicted molar refractivity (Wildman–Crippen MR) is 133 cm³/mol. The highest BCUT2D eigenvalue weighted by molar-refractivity contribution is 7.16. The lowest BCUT2D eigenvalue weighted by atomic mass is 9.82. The summed E-state index contributed by atoms with van der Waals surface area (Å²) in [5.74, 6) is 1.90. The highest BCUT2D eigenvalue weighted by atomic mass is 32.1. The molecule has 1 aliphatic carbocycles. The Morgan fingerprint density at radius 2 is 2.00 bits per heavy atom. The van der Waals surface area contributed by atoms with Gasteiger partial charge in [-0.1, -0.05) is 36.7 Å². The Morgan fingerprint density at radius 3 is 2.80 bits per heavy atom. The number of hydrogen-bond acceptors (Lipinski definition) is 8. The topological polar surface area (TPSA) is 94.9 Å². The minimum atomic E-state index is -0.845. The van der Waals surface area contributed by atoms with Crippen LogP contribution in [0.15, 0.2) is 47.0 Å². The summed E-state index contributed by atoms with van der Waals surface area (Å²) in [6.45, 7) is 2.21. The Balaban J connectivity index is 1.30. The van der Waals surface area contributed by atoms with Crippen molar-refractivity contribution in [1.29, 1.82) is 0 Å². The van der Waals surface area contributed by atoms with Crippen molar-refractivity contribution >= 4 is 27.3 Å². The Bertz CT molecular complexity index is 1480. The monoisotopic (exact) mass is 490 g/mol. The van der Waals surface area contributed by atoms with Crippen LogP contribution in [0, 0.1) is 6.92 Å². The molecule has 1 fully saturated rings. The largest absolute Gasteiger partial charge is 0.496 e. The Kier molecular flexibility index (Phi) is 5.46. The molecular formula is C26H26N4O4S. The Morgan fingerprint density at radius 1 is 1.14 bits per heavy atom. The molecule has 6 rings (SSSR count). The smallest absolute Gasteiger partial charge is 0.212 e. The number of aromatic nitrogens is 4. The first kappa shape index (κ1) is 22.1. The van der Waals surface area contributed by atoms with Crippen LogP contribution >= 0.6 is 11.3 Å². The average Bonchev–Trinajstić information content (AvgIpc) is 3.55. The predicted octanol–water partition coefficient (Wildman–Crippen LogP) is 5.65. The summed E-state index contributed by atoms with van der Waals surface area (Å²) in [6, 6.07) is 11.4. The summed E-state index contributed by atoms with van der Waals surface area (Å²) in [5, 5.41) is 17.3. The number of aliphatic hydroxyl groups is 1. The SMILES string of the molecule is COc1cc(OCc2cccc(C3(O)CCCCC3)n2)c2cc(-c3cn4nc(C)sc4n3)oc2c1. The molecule has 0 amide bonds. The number of ether oxygens (including phenoxy) is 2. The van der Waals surface area contributed by atoms with Crippen LogP contribution < -0.4 is 9.47 Å². The molecule has 4 heterocycles. The molecule has 0 unspecified atom stereocenters. The van der Waals surface area contributed by atoms with E-state index in [1.165, 1.54) is 11.3 Å². The molecule has 1 aliphatic rings. The molecule has 35 heavy (non-hydrogen) atoms. The van der Waals surface area contributed by atoms with Gasteiger partial charge in [-0.3, -0.25) is 4.98 Å². The van der Waals surface area contributed by atoms with Crippen molar-refractivity contribution < 1.29 is 19.0 Å². The lowest BCUT2D eigenvalue weighted by Crippen LogP contribution is -2.29. The van der Waals surface area contributed by atoms with Gasteiger partial charge < -0.3 is 19.0 Å². The third-order valence-electron chi connectivity index (χ3n) is 6.55. The molecule has 0 aliphatic heterocycles. The lowest BCUT2D eigenvalue weighted by Gasteiger charge is -2.31. The summed E-state index contributed by atoms with van der Waals surface area (Å²) in [6.07, 6.45) is 6.57. The molecule has 0 atom stereocenters. The summed E-state index contributed by atoms with van der Waals surface area (Å²) in [7, 11) is 1.61. The maximum absolute atomic E-state index is 11.1. The molecule has 9 heteroatoms. The molecule has 0 saturated heterocycles. The second kappa shape index (κ2) is 8.66. The van der Waals surface area contributed by atoms with E-state index in [1.54, 1.807) is 11.6 Å². The van der Waals surface area contributed by atoms with Gasteiger partial charge in [0.1, 0.15) is 40.0 Å². The Labute approximate surface area is 206 Å².